The lowest BCUT2D eigenvalue weighted by atomic mass is 10.4. The van der Waals surface area contributed by atoms with E-state index in [9.17, 15) is 0 Å². The van der Waals surface area contributed by atoms with Crippen LogP contribution in [0.2, 0.25) is 0 Å². The molecule has 2 fully saturated rings. The van der Waals surface area contributed by atoms with Crippen molar-refractivity contribution in [1.82, 2.24) is 5.32 Å². The molecule has 2 heteroatoms. The van der Waals surface area contributed by atoms with E-state index in [-0.39, 0.29) is 0 Å². The van der Waals surface area contributed by atoms with Crippen LogP contribution >= 0.6 is 0 Å². The summed E-state index contributed by atoms with van der Waals surface area (Å²) >= 11 is 0. The van der Waals surface area contributed by atoms with Gasteiger partial charge in [-0.3, -0.25) is 0 Å². The SMILES string of the molecule is C1NCC2CC12.CO. The van der Waals surface area contributed by atoms with Gasteiger partial charge in [-0.15, -0.1) is 0 Å². The van der Waals surface area contributed by atoms with Gasteiger partial charge >= 0.3 is 0 Å². The first-order chi connectivity index (χ1) is 3.97. The quantitative estimate of drug-likeness (QED) is 0.459. The molecule has 1 aliphatic heterocycles. The number of aliphatic hydroxyl groups excluding tert-OH is 1. The van der Waals surface area contributed by atoms with Crippen LogP contribution in [0.1, 0.15) is 6.42 Å². The van der Waals surface area contributed by atoms with Gasteiger partial charge in [0.25, 0.3) is 0 Å². The van der Waals surface area contributed by atoms with Gasteiger partial charge in [-0.2, -0.15) is 0 Å². The molecule has 1 saturated heterocycles. The summed E-state index contributed by atoms with van der Waals surface area (Å²) in [6.45, 7) is 2.62. The molecule has 1 aliphatic carbocycles. The Kier molecular flexibility index (Phi) is 1.86. The van der Waals surface area contributed by atoms with Crippen molar-refractivity contribution < 1.29 is 5.11 Å². The molecule has 8 heavy (non-hydrogen) atoms. The highest BCUT2D eigenvalue weighted by Gasteiger charge is 2.40. The zero-order valence-corrected chi connectivity index (χ0v) is 5.22. The third-order valence-corrected chi connectivity index (χ3v) is 1.88. The third kappa shape index (κ3) is 1.01. The average Bonchev–Trinajstić information content (AvgIpc) is 2.46. The monoisotopic (exact) mass is 115 g/mol. The molecule has 0 radical (unpaired) electrons. The fourth-order valence-corrected chi connectivity index (χ4v) is 1.26. The van der Waals surface area contributed by atoms with Crippen molar-refractivity contribution in [3.63, 3.8) is 0 Å². The molecule has 0 spiro atoms. The normalized spacial score (nSPS) is 39.8. The molecule has 2 rings (SSSR count). The summed E-state index contributed by atoms with van der Waals surface area (Å²) in [6, 6.07) is 0. The van der Waals surface area contributed by atoms with E-state index in [4.69, 9.17) is 5.11 Å². The van der Waals surface area contributed by atoms with Crippen molar-refractivity contribution >= 4 is 0 Å². The zero-order valence-electron chi connectivity index (χ0n) is 5.22. The predicted molar refractivity (Wildman–Crippen MR) is 32.6 cm³/mol. The zero-order chi connectivity index (χ0) is 5.98. The first-order valence-corrected chi connectivity index (χ1v) is 3.12. The van der Waals surface area contributed by atoms with Crippen LogP contribution in [-0.4, -0.2) is 25.3 Å². The van der Waals surface area contributed by atoms with E-state index < -0.39 is 0 Å². The minimum Gasteiger partial charge on any atom is -0.400 e. The van der Waals surface area contributed by atoms with Crippen molar-refractivity contribution in [1.29, 1.82) is 0 Å². The fourth-order valence-electron chi connectivity index (χ4n) is 1.26. The molecular formula is C6H13NO. The molecule has 0 aromatic heterocycles. The van der Waals surface area contributed by atoms with Crippen molar-refractivity contribution in [2.45, 2.75) is 6.42 Å². The van der Waals surface area contributed by atoms with Crippen LogP contribution in [0.3, 0.4) is 0 Å². The van der Waals surface area contributed by atoms with Crippen LogP contribution in [0.15, 0.2) is 0 Å². The van der Waals surface area contributed by atoms with Crippen LogP contribution in [0, 0.1) is 11.8 Å². The Morgan fingerprint density at radius 2 is 1.75 bits per heavy atom. The predicted octanol–water partition coefficient (Wildman–Crippen LogP) is -0.166. The van der Waals surface area contributed by atoms with Gasteiger partial charge < -0.3 is 10.4 Å². The molecule has 1 heterocycles. The first-order valence-electron chi connectivity index (χ1n) is 3.12. The van der Waals surface area contributed by atoms with Crippen molar-refractivity contribution in [3.05, 3.63) is 0 Å². The second-order valence-electron chi connectivity index (χ2n) is 2.41. The maximum absolute atomic E-state index is 7.00. The number of hydrogen-bond acceptors (Lipinski definition) is 2. The number of rotatable bonds is 0. The Morgan fingerprint density at radius 1 is 1.25 bits per heavy atom. The second-order valence-corrected chi connectivity index (χ2v) is 2.41. The summed E-state index contributed by atoms with van der Waals surface area (Å²) in [5.74, 6) is 2.20. The van der Waals surface area contributed by atoms with Gasteiger partial charge in [0.05, 0.1) is 0 Å². The Hall–Kier alpha value is -0.0800. The summed E-state index contributed by atoms with van der Waals surface area (Å²) in [4.78, 5) is 0. The third-order valence-electron chi connectivity index (χ3n) is 1.88. The van der Waals surface area contributed by atoms with Crippen LogP contribution in [0.4, 0.5) is 0 Å². The maximum Gasteiger partial charge on any atom is 0.0319 e. The van der Waals surface area contributed by atoms with E-state index in [0.29, 0.717) is 0 Å². The summed E-state index contributed by atoms with van der Waals surface area (Å²) in [7, 11) is 1.00. The van der Waals surface area contributed by atoms with Crippen LogP contribution in [0.5, 0.6) is 0 Å². The second kappa shape index (κ2) is 2.46. The lowest BCUT2D eigenvalue weighted by molar-refractivity contribution is 0.399. The molecule has 48 valence electrons. The number of hydrogen-bond donors (Lipinski definition) is 2. The highest BCUT2D eigenvalue weighted by Crippen LogP contribution is 2.40. The van der Waals surface area contributed by atoms with E-state index in [0.717, 1.165) is 18.9 Å². The first kappa shape index (κ1) is 6.05. The maximum atomic E-state index is 7.00. The number of nitrogens with one attached hydrogen (secondary N) is 1. The minimum absolute atomic E-state index is 1.00. The standard InChI is InChI=1S/C5H9N.CH4O/c1-4-2-6-3-5(1)4;1-2/h4-6H,1-3H2;2H,1H3. The van der Waals surface area contributed by atoms with Gasteiger partial charge in [0, 0.05) is 7.11 Å². The van der Waals surface area contributed by atoms with Gasteiger partial charge in [0.2, 0.25) is 0 Å². The Labute approximate surface area is 49.9 Å². The van der Waals surface area contributed by atoms with Crippen molar-refractivity contribution in [2.24, 2.45) is 11.8 Å². The van der Waals surface area contributed by atoms with E-state index in [1.54, 1.807) is 0 Å². The largest absolute Gasteiger partial charge is 0.400 e. The van der Waals surface area contributed by atoms with Crippen molar-refractivity contribution in [2.75, 3.05) is 20.2 Å². The van der Waals surface area contributed by atoms with E-state index in [2.05, 4.69) is 5.32 Å². The van der Waals surface area contributed by atoms with Gasteiger partial charge in [-0.1, -0.05) is 0 Å². The van der Waals surface area contributed by atoms with Crippen molar-refractivity contribution in [3.8, 4) is 0 Å². The molecule has 2 N–H and O–H groups in total. The Balaban J connectivity index is 0.000000147. The van der Waals surface area contributed by atoms with Gasteiger partial charge in [-0.05, 0) is 31.3 Å². The smallest absolute Gasteiger partial charge is 0.0319 e. The Morgan fingerprint density at radius 3 is 1.88 bits per heavy atom. The van der Waals surface area contributed by atoms with E-state index >= 15 is 0 Å². The molecule has 0 aromatic rings. The molecule has 0 aromatic carbocycles. The van der Waals surface area contributed by atoms with Crippen LogP contribution in [0.25, 0.3) is 0 Å². The molecule has 2 nitrogen and oxygen atoms in total. The van der Waals surface area contributed by atoms with Gasteiger partial charge in [0.1, 0.15) is 0 Å². The summed E-state index contributed by atoms with van der Waals surface area (Å²) in [5.41, 5.74) is 0. The fraction of sp³-hybridized carbons (Fsp3) is 1.00. The average molecular weight is 115 g/mol. The topological polar surface area (TPSA) is 32.3 Å². The molecule has 2 atom stereocenters. The lowest BCUT2D eigenvalue weighted by Gasteiger charge is -1.87. The number of piperidine rings is 1. The summed E-state index contributed by atoms with van der Waals surface area (Å²) < 4.78 is 0. The minimum atomic E-state index is 1.00. The van der Waals surface area contributed by atoms with Crippen LogP contribution in [-0.2, 0) is 0 Å². The molecule has 2 unspecified atom stereocenters. The molecule has 2 aliphatic rings. The molecule has 1 saturated carbocycles. The summed E-state index contributed by atoms with van der Waals surface area (Å²) in [6.07, 6.45) is 1.52. The number of aliphatic hydroxyl groups is 1. The Bertz CT molecular complexity index is 66.9. The van der Waals surface area contributed by atoms with E-state index in [1.807, 2.05) is 0 Å². The van der Waals surface area contributed by atoms with Crippen LogP contribution < -0.4 is 5.32 Å². The molecular weight excluding hydrogens is 102 g/mol. The highest BCUT2D eigenvalue weighted by molar-refractivity contribution is 4.94. The molecule has 0 amide bonds. The number of fused-ring (bicyclic) bond motifs is 1. The summed E-state index contributed by atoms with van der Waals surface area (Å²) in [5, 5.41) is 10.3. The van der Waals surface area contributed by atoms with Gasteiger partial charge in [-0.25, -0.2) is 0 Å². The van der Waals surface area contributed by atoms with E-state index in [1.165, 1.54) is 19.5 Å². The lowest BCUT2D eigenvalue weighted by Crippen LogP contribution is -2.10. The molecule has 0 bridgehead atoms. The van der Waals surface area contributed by atoms with Gasteiger partial charge in [0.15, 0.2) is 0 Å². The highest BCUT2D eigenvalue weighted by atomic mass is 16.2.